The van der Waals surface area contributed by atoms with Crippen LogP contribution in [-0.4, -0.2) is 4.92 Å². The van der Waals surface area contributed by atoms with E-state index in [-0.39, 0.29) is 5.69 Å². The molecule has 0 radical (unpaired) electrons. The molecular formula is C17H9NO4. The van der Waals surface area contributed by atoms with Gasteiger partial charge in [0.25, 0.3) is 5.69 Å². The number of hydrogen-bond acceptors (Lipinski definition) is 4. The smallest absolute Gasteiger partial charge is 0.344 e. The molecule has 0 amide bonds. The summed E-state index contributed by atoms with van der Waals surface area (Å²) in [7, 11) is 0. The van der Waals surface area contributed by atoms with Crippen molar-refractivity contribution in [2.45, 2.75) is 0 Å². The van der Waals surface area contributed by atoms with Crippen molar-refractivity contribution >= 4 is 38.2 Å². The molecule has 0 unspecified atom stereocenters. The lowest BCUT2D eigenvalue weighted by molar-refractivity contribution is -0.384. The van der Waals surface area contributed by atoms with E-state index in [1.54, 1.807) is 6.07 Å². The summed E-state index contributed by atoms with van der Waals surface area (Å²) in [5, 5.41) is 14.5. The minimum absolute atomic E-state index is 0.0488. The van der Waals surface area contributed by atoms with E-state index < -0.39 is 10.5 Å². The Bertz CT molecular complexity index is 1130. The molecule has 22 heavy (non-hydrogen) atoms. The molecule has 4 rings (SSSR count). The molecular weight excluding hydrogens is 282 g/mol. The van der Waals surface area contributed by atoms with E-state index in [0.29, 0.717) is 16.4 Å². The highest BCUT2D eigenvalue weighted by Gasteiger charge is 2.14. The van der Waals surface area contributed by atoms with Crippen LogP contribution >= 0.6 is 0 Å². The number of nitro benzene ring substituents is 1. The molecule has 0 saturated carbocycles. The van der Waals surface area contributed by atoms with Crippen LogP contribution in [0.15, 0.2) is 63.8 Å². The molecule has 0 spiro atoms. The molecule has 0 bridgehead atoms. The standard InChI is InChI=1S/C17H9NO4/c19-17-13-7-6-11(18(20)21)9-14(13)16-12-4-2-1-3-10(12)5-8-15(16)22-17/h1-9H. The number of benzene rings is 3. The molecule has 0 aliphatic heterocycles. The predicted molar refractivity (Wildman–Crippen MR) is 84.2 cm³/mol. The van der Waals surface area contributed by atoms with E-state index in [0.717, 1.165) is 16.2 Å². The molecule has 5 heteroatoms. The fourth-order valence-electron chi connectivity index (χ4n) is 2.80. The Labute approximate surface area is 123 Å². The van der Waals surface area contributed by atoms with Gasteiger partial charge < -0.3 is 4.42 Å². The molecule has 1 heterocycles. The molecule has 106 valence electrons. The van der Waals surface area contributed by atoms with Crippen molar-refractivity contribution in [2.75, 3.05) is 0 Å². The number of non-ortho nitro benzene ring substituents is 1. The minimum Gasteiger partial charge on any atom is -0.422 e. The van der Waals surface area contributed by atoms with E-state index in [9.17, 15) is 14.9 Å². The van der Waals surface area contributed by atoms with Crippen LogP contribution in [-0.2, 0) is 0 Å². The first kappa shape index (κ1) is 12.5. The molecule has 5 nitrogen and oxygen atoms in total. The summed E-state index contributed by atoms with van der Waals surface area (Å²) in [4.78, 5) is 22.6. The van der Waals surface area contributed by atoms with Gasteiger partial charge in [-0.2, -0.15) is 0 Å². The Kier molecular flexibility index (Phi) is 2.50. The van der Waals surface area contributed by atoms with Crippen molar-refractivity contribution in [1.29, 1.82) is 0 Å². The summed E-state index contributed by atoms with van der Waals surface area (Å²) in [6, 6.07) is 15.4. The van der Waals surface area contributed by atoms with Crippen LogP contribution in [0.1, 0.15) is 0 Å². The van der Waals surface area contributed by atoms with Crippen LogP contribution in [0.2, 0.25) is 0 Å². The lowest BCUT2D eigenvalue weighted by atomic mass is 10.0. The number of nitrogens with zero attached hydrogens (tertiary/aromatic N) is 1. The van der Waals surface area contributed by atoms with E-state index in [1.807, 2.05) is 30.3 Å². The van der Waals surface area contributed by atoms with Gasteiger partial charge in [-0.15, -0.1) is 0 Å². The van der Waals surface area contributed by atoms with Crippen LogP contribution in [0.5, 0.6) is 0 Å². The lowest BCUT2D eigenvalue weighted by Crippen LogP contribution is -2.00. The Balaban J connectivity index is 2.33. The number of fused-ring (bicyclic) bond motifs is 5. The van der Waals surface area contributed by atoms with Gasteiger partial charge in [0.2, 0.25) is 0 Å². The Hall–Kier alpha value is -3.21. The normalized spacial score (nSPS) is 11.3. The summed E-state index contributed by atoms with van der Waals surface area (Å²) in [6.45, 7) is 0. The summed E-state index contributed by atoms with van der Waals surface area (Å²) < 4.78 is 5.36. The highest BCUT2D eigenvalue weighted by Crippen LogP contribution is 2.32. The SMILES string of the molecule is O=c1oc2ccc3ccccc3c2c2cc([N+](=O)[O-])ccc12. The second kappa shape index (κ2) is 4.39. The molecule has 0 atom stereocenters. The average molecular weight is 291 g/mol. The summed E-state index contributed by atoms with van der Waals surface area (Å²) in [5.74, 6) is 0. The fraction of sp³-hybridized carbons (Fsp3) is 0. The Morgan fingerprint density at radius 1 is 0.909 bits per heavy atom. The zero-order chi connectivity index (χ0) is 15.3. The number of hydrogen-bond donors (Lipinski definition) is 0. The van der Waals surface area contributed by atoms with E-state index in [4.69, 9.17) is 4.42 Å². The third-order valence-corrected chi connectivity index (χ3v) is 3.80. The topological polar surface area (TPSA) is 73.3 Å². The number of rotatable bonds is 1. The van der Waals surface area contributed by atoms with Crippen molar-refractivity contribution < 1.29 is 9.34 Å². The van der Waals surface area contributed by atoms with Crippen LogP contribution in [0.4, 0.5) is 5.69 Å². The lowest BCUT2D eigenvalue weighted by Gasteiger charge is -2.06. The van der Waals surface area contributed by atoms with Gasteiger partial charge in [0.05, 0.1) is 10.3 Å². The highest BCUT2D eigenvalue weighted by atomic mass is 16.6. The van der Waals surface area contributed by atoms with Gasteiger partial charge >= 0.3 is 5.63 Å². The molecule has 0 saturated heterocycles. The second-order valence-electron chi connectivity index (χ2n) is 5.04. The molecule has 0 fully saturated rings. The second-order valence-corrected chi connectivity index (χ2v) is 5.04. The first-order chi connectivity index (χ1) is 10.6. The predicted octanol–water partition coefficient (Wildman–Crippen LogP) is 4.01. The largest absolute Gasteiger partial charge is 0.422 e. The quantitative estimate of drug-likeness (QED) is 0.230. The van der Waals surface area contributed by atoms with E-state index >= 15 is 0 Å². The van der Waals surface area contributed by atoms with Gasteiger partial charge in [-0.1, -0.05) is 30.3 Å². The minimum atomic E-state index is -0.493. The highest BCUT2D eigenvalue weighted by molar-refractivity contribution is 6.18. The Morgan fingerprint density at radius 3 is 2.55 bits per heavy atom. The first-order valence-electron chi connectivity index (χ1n) is 6.68. The van der Waals surface area contributed by atoms with Crippen molar-refractivity contribution in [3.05, 3.63) is 75.1 Å². The van der Waals surface area contributed by atoms with Crippen molar-refractivity contribution in [2.24, 2.45) is 0 Å². The van der Waals surface area contributed by atoms with E-state index in [2.05, 4.69) is 0 Å². The summed E-state index contributed by atoms with van der Waals surface area (Å²) >= 11 is 0. The van der Waals surface area contributed by atoms with Crippen LogP contribution in [0.3, 0.4) is 0 Å². The van der Waals surface area contributed by atoms with Crippen LogP contribution in [0.25, 0.3) is 32.5 Å². The third kappa shape index (κ3) is 1.69. The van der Waals surface area contributed by atoms with Gasteiger partial charge in [-0.05, 0) is 22.9 Å². The average Bonchev–Trinajstić information content (AvgIpc) is 2.54. The van der Waals surface area contributed by atoms with Gasteiger partial charge in [-0.25, -0.2) is 4.79 Å². The van der Waals surface area contributed by atoms with Crippen LogP contribution < -0.4 is 5.63 Å². The molecule has 0 aliphatic carbocycles. The van der Waals surface area contributed by atoms with Crippen molar-refractivity contribution in [3.8, 4) is 0 Å². The zero-order valence-electron chi connectivity index (χ0n) is 11.3. The molecule has 1 aromatic heterocycles. The van der Waals surface area contributed by atoms with E-state index in [1.165, 1.54) is 18.2 Å². The van der Waals surface area contributed by atoms with Gasteiger partial charge in [0.15, 0.2) is 0 Å². The summed E-state index contributed by atoms with van der Waals surface area (Å²) in [5.41, 5.74) is -0.114. The summed E-state index contributed by atoms with van der Waals surface area (Å²) in [6.07, 6.45) is 0. The van der Waals surface area contributed by atoms with Gasteiger partial charge in [0, 0.05) is 22.9 Å². The van der Waals surface area contributed by atoms with Gasteiger partial charge in [-0.3, -0.25) is 10.1 Å². The molecule has 4 aromatic rings. The molecule has 3 aromatic carbocycles. The Morgan fingerprint density at radius 2 is 1.73 bits per heavy atom. The maximum absolute atomic E-state index is 12.1. The maximum Gasteiger partial charge on any atom is 0.344 e. The van der Waals surface area contributed by atoms with Crippen molar-refractivity contribution in [1.82, 2.24) is 0 Å². The fourth-order valence-corrected chi connectivity index (χ4v) is 2.80. The molecule has 0 N–H and O–H groups in total. The monoisotopic (exact) mass is 291 g/mol. The van der Waals surface area contributed by atoms with Crippen molar-refractivity contribution in [3.63, 3.8) is 0 Å². The van der Waals surface area contributed by atoms with Crippen LogP contribution in [0, 0.1) is 10.1 Å². The third-order valence-electron chi connectivity index (χ3n) is 3.80. The first-order valence-corrected chi connectivity index (χ1v) is 6.68. The number of nitro groups is 1. The zero-order valence-corrected chi connectivity index (χ0v) is 11.3. The van der Waals surface area contributed by atoms with Gasteiger partial charge in [0.1, 0.15) is 5.58 Å². The maximum atomic E-state index is 12.1. The molecule has 0 aliphatic rings.